The lowest BCUT2D eigenvalue weighted by atomic mass is 9.74. The molecule has 0 bridgehead atoms. The molecule has 1 aromatic carbocycles. The van der Waals surface area contributed by atoms with Gasteiger partial charge in [0.25, 0.3) is 5.69 Å². The molecule has 0 radical (unpaired) electrons. The maximum absolute atomic E-state index is 12.7. The van der Waals surface area contributed by atoms with Crippen molar-refractivity contribution in [3.05, 3.63) is 33.9 Å². The Morgan fingerprint density at radius 1 is 1.38 bits per heavy atom. The van der Waals surface area contributed by atoms with Gasteiger partial charge in [-0.2, -0.15) is 0 Å². The molecule has 1 aromatic rings. The van der Waals surface area contributed by atoms with Crippen molar-refractivity contribution >= 4 is 32.9 Å². The molecule has 1 saturated carbocycles. The predicted molar refractivity (Wildman–Crippen MR) is 90.2 cm³/mol. The summed E-state index contributed by atoms with van der Waals surface area (Å²) in [7, 11) is -3.74. The van der Waals surface area contributed by atoms with Crippen LogP contribution in [-0.2, 0) is 19.4 Å². The van der Waals surface area contributed by atoms with Crippen LogP contribution in [0.15, 0.2) is 23.1 Å². The Morgan fingerprint density at radius 3 is 2.58 bits per heavy atom. The van der Waals surface area contributed by atoms with Gasteiger partial charge in [-0.15, -0.1) is 12.3 Å². The SMILES string of the molecule is C#CCC1CCC(=O)C(C(=O)c2ccc(S(C)(=O)=O)cc2[N+](=O)[O-])C1=O. The fourth-order valence-electron chi connectivity index (χ4n) is 2.87. The highest BCUT2D eigenvalue weighted by molar-refractivity contribution is 7.90. The fraction of sp³-hybridized carbons (Fsp3) is 0.353. The number of nitro groups is 1. The zero-order valence-electron chi connectivity index (χ0n) is 13.8. The standard InChI is InChI=1S/C17H15NO7S/c1-3-4-10-5-8-14(19)15(16(10)20)17(21)12-7-6-11(26(2,24)25)9-13(12)18(22)23/h1,6-7,9-10,15H,4-5,8H2,2H3. The zero-order valence-corrected chi connectivity index (χ0v) is 14.6. The minimum atomic E-state index is -3.74. The second kappa shape index (κ2) is 7.17. The molecule has 1 fully saturated rings. The Hall–Kier alpha value is -2.86. The monoisotopic (exact) mass is 377 g/mol. The van der Waals surface area contributed by atoms with E-state index >= 15 is 0 Å². The second-order valence-corrected chi connectivity index (χ2v) is 8.03. The molecule has 0 N–H and O–H groups in total. The molecule has 0 spiro atoms. The molecule has 2 rings (SSSR count). The molecule has 8 nitrogen and oxygen atoms in total. The van der Waals surface area contributed by atoms with Gasteiger partial charge < -0.3 is 0 Å². The number of Topliss-reactive ketones (excluding diaryl/α,β-unsaturated/α-hetero) is 3. The summed E-state index contributed by atoms with van der Waals surface area (Å²) in [5, 5.41) is 11.3. The average Bonchev–Trinajstić information content (AvgIpc) is 2.56. The summed E-state index contributed by atoms with van der Waals surface area (Å²) >= 11 is 0. The average molecular weight is 377 g/mol. The highest BCUT2D eigenvalue weighted by Crippen LogP contribution is 2.31. The smallest absolute Gasteiger partial charge is 0.281 e. The van der Waals surface area contributed by atoms with Gasteiger partial charge in [-0.1, -0.05) is 0 Å². The van der Waals surface area contributed by atoms with E-state index in [1.807, 2.05) is 0 Å². The van der Waals surface area contributed by atoms with Gasteiger partial charge >= 0.3 is 0 Å². The van der Waals surface area contributed by atoms with Crippen molar-refractivity contribution in [2.24, 2.45) is 11.8 Å². The van der Waals surface area contributed by atoms with E-state index in [1.54, 1.807) is 0 Å². The van der Waals surface area contributed by atoms with Crippen LogP contribution in [0.1, 0.15) is 29.6 Å². The number of hydrogen-bond acceptors (Lipinski definition) is 7. The summed E-state index contributed by atoms with van der Waals surface area (Å²) in [6.07, 6.45) is 6.35. The van der Waals surface area contributed by atoms with Crippen molar-refractivity contribution < 1.29 is 27.7 Å². The summed E-state index contributed by atoms with van der Waals surface area (Å²) in [5.41, 5.74) is -1.24. The summed E-state index contributed by atoms with van der Waals surface area (Å²) in [4.78, 5) is 47.3. The van der Waals surface area contributed by atoms with Crippen molar-refractivity contribution in [1.29, 1.82) is 0 Å². The van der Waals surface area contributed by atoms with Crippen LogP contribution in [-0.4, -0.2) is 36.9 Å². The van der Waals surface area contributed by atoms with Crippen LogP contribution in [0, 0.1) is 34.3 Å². The van der Waals surface area contributed by atoms with Crippen molar-refractivity contribution in [2.45, 2.75) is 24.2 Å². The van der Waals surface area contributed by atoms with E-state index in [-0.39, 0.29) is 24.2 Å². The van der Waals surface area contributed by atoms with E-state index in [9.17, 15) is 32.9 Å². The van der Waals surface area contributed by atoms with E-state index in [4.69, 9.17) is 6.42 Å². The van der Waals surface area contributed by atoms with Gasteiger partial charge in [0.15, 0.2) is 27.2 Å². The number of nitrogens with zero attached hydrogens (tertiary/aromatic N) is 1. The van der Waals surface area contributed by atoms with Crippen LogP contribution >= 0.6 is 0 Å². The third-order valence-corrected chi connectivity index (χ3v) is 5.34. The molecule has 136 valence electrons. The van der Waals surface area contributed by atoms with E-state index in [2.05, 4.69) is 5.92 Å². The Kier molecular flexibility index (Phi) is 5.37. The summed E-state index contributed by atoms with van der Waals surface area (Å²) < 4.78 is 23.2. The molecular weight excluding hydrogens is 362 g/mol. The Morgan fingerprint density at radius 2 is 2.04 bits per heavy atom. The molecule has 0 heterocycles. The Labute approximate surface area is 149 Å². The van der Waals surface area contributed by atoms with E-state index < -0.39 is 55.2 Å². The van der Waals surface area contributed by atoms with E-state index in [1.165, 1.54) is 0 Å². The number of nitro benzene ring substituents is 1. The first-order valence-electron chi connectivity index (χ1n) is 7.60. The van der Waals surface area contributed by atoms with Crippen molar-refractivity contribution in [2.75, 3.05) is 6.26 Å². The fourth-order valence-corrected chi connectivity index (χ4v) is 3.52. The summed E-state index contributed by atoms with van der Waals surface area (Å²) in [6.45, 7) is 0. The third-order valence-electron chi connectivity index (χ3n) is 4.23. The lowest BCUT2D eigenvalue weighted by Crippen LogP contribution is -2.40. The van der Waals surface area contributed by atoms with Crippen LogP contribution in [0.2, 0.25) is 0 Å². The van der Waals surface area contributed by atoms with Crippen molar-refractivity contribution in [1.82, 2.24) is 0 Å². The second-order valence-electron chi connectivity index (χ2n) is 6.02. The lowest BCUT2D eigenvalue weighted by Gasteiger charge is -2.24. The van der Waals surface area contributed by atoms with Crippen LogP contribution in [0.5, 0.6) is 0 Å². The van der Waals surface area contributed by atoms with Crippen molar-refractivity contribution in [3.8, 4) is 12.3 Å². The van der Waals surface area contributed by atoms with Gasteiger partial charge in [0.1, 0.15) is 5.92 Å². The van der Waals surface area contributed by atoms with E-state index in [0.29, 0.717) is 0 Å². The first-order valence-corrected chi connectivity index (χ1v) is 9.49. The quantitative estimate of drug-likeness (QED) is 0.249. The number of hydrogen-bond donors (Lipinski definition) is 0. The van der Waals surface area contributed by atoms with Crippen LogP contribution in [0.4, 0.5) is 5.69 Å². The number of benzene rings is 1. The number of ketones is 3. The molecule has 1 aliphatic rings. The van der Waals surface area contributed by atoms with Gasteiger partial charge in [0.2, 0.25) is 0 Å². The maximum Gasteiger partial charge on any atom is 0.281 e. The molecule has 0 aliphatic heterocycles. The molecule has 0 saturated heterocycles. The van der Waals surface area contributed by atoms with Crippen molar-refractivity contribution in [3.63, 3.8) is 0 Å². The Bertz CT molecular complexity index is 956. The van der Waals surface area contributed by atoms with Gasteiger partial charge in [-0.05, 0) is 18.6 Å². The normalized spacial score (nSPS) is 20.5. The molecule has 0 aromatic heterocycles. The van der Waals surface area contributed by atoms with Crippen LogP contribution in [0.25, 0.3) is 0 Å². The number of carbonyl (C=O) groups is 3. The van der Waals surface area contributed by atoms with Gasteiger partial charge in [0.05, 0.1) is 15.4 Å². The molecule has 2 unspecified atom stereocenters. The maximum atomic E-state index is 12.7. The predicted octanol–water partition coefficient (Wildman–Crippen LogP) is 1.37. The molecule has 1 aliphatic carbocycles. The molecular formula is C17H15NO7S. The van der Waals surface area contributed by atoms with Gasteiger partial charge in [0, 0.05) is 31.1 Å². The number of sulfone groups is 1. The van der Waals surface area contributed by atoms with Crippen LogP contribution < -0.4 is 0 Å². The van der Waals surface area contributed by atoms with Gasteiger partial charge in [-0.3, -0.25) is 24.5 Å². The highest BCUT2D eigenvalue weighted by atomic mass is 32.2. The summed E-state index contributed by atoms with van der Waals surface area (Å²) in [6, 6.07) is 2.74. The molecule has 0 amide bonds. The first-order chi connectivity index (χ1) is 12.1. The topological polar surface area (TPSA) is 128 Å². The van der Waals surface area contributed by atoms with Gasteiger partial charge in [-0.25, -0.2) is 8.42 Å². The largest absolute Gasteiger partial charge is 0.298 e. The minimum absolute atomic E-state index is 0.0241. The number of carbonyl (C=O) groups excluding carboxylic acids is 3. The number of rotatable bonds is 5. The highest BCUT2D eigenvalue weighted by Gasteiger charge is 2.43. The molecule has 9 heteroatoms. The zero-order chi connectivity index (χ0) is 19.6. The van der Waals surface area contributed by atoms with Crippen LogP contribution in [0.3, 0.4) is 0 Å². The van der Waals surface area contributed by atoms with E-state index in [0.717, 1.165) is 24.5 Å². The number of terminal acetylenes is 1. The molecule has 26 heavy (non-hydrogen) atoms. The Balaban J connectivity index is 2.51. The summed E-state index contributed by atoms with van der Waals surface area (Å²) in [5.74, 6) is -2.25. The third kappa shape index (κ3) is 3.70. The minimum Gasteiger partial charge on any atom is -0.298 e. The lowest BCUT2D eigenvalue weighted by molar-refractivity contribution is -0.385. The first kappa shape index (κ1) is 19.5. The molecule has 2 atom stereocenters.